The molecule has 4 unspecified atom stereocenters. The van der Waals surface area contributed by atoms with E-state index in [0.29, 0.717) is 18.1 Å². The molecule has 4 saturated heterocycles. The van der Waals surface area contributed by atoms with Crippen LogP contribution in [0.1, 0.15) is 25.7 Å². The van der Waals surface area contributed by atoms with Crippen LogP contribution in [0, 0.1) is 10.1 Å². The third kappa shape index (κ3) is 4.32. The van der Waals surface area contributed by atoms with Gasteiger partial charge in [0.2, 0.25) is 0 Å². The molecule has 34 heavy (non-hydrogen) atoms. The van der Waals surface area contributed by atoms with Crippen molar-refractivity contribution in [3.63, 3.8) is 0 Å². The van der Waals surface area contributed by atoms with E-state index in [-0.39, 0.29) is 10.6 Å². The predicted molar refractivity (Wildman–Crippen MR) is 138 cm³/mol. The number of nitro benzene ring substituents is 1. The lowest BCUT2D eigenvalue weighted by Crippen LogP contribution is -2.34. The van der Waals surface area contributed by atoms with E-state index in [2.05, 4.69) is 45.8 Å². The summed E-state index contributed by atoms with van der Waals surface area (Å²) in [6, 6.07) is 18.0. The summed E-state index contributed by atoms with van der Waals surface area (Å²) in [4.78, 5) is 20.2. The van der Waals surface area contributed by atoms with E-state index in [1.165, 1.54) is 44.5 Å². The van der Waals surface area contributed by atoms with Crippen LogP contribution < -0.4 is 15.5 Å². The Balaban J connectivity index is 0.000000142. The Bertz CT molecular complexity index is 997. The molecule has 6 rings (SSSR count). The van der Waals surface area contributed by atoms with E-state index >= 15 is 0 Å². The van der Waals surface area contributed by atoms with Crippen molar-refractivity contribution in [3.8, 4) is 0 Å². The molecule has 0 spiro atoms. The minimum absolute atomic E-state index is 0.165. The fraction of sp³-hybridized carbons (Fsp3) is 0.538. The quantitative estimate of drug-likeness (QED) is 0.423. The Kier molecular flexibility index (Phi) is 6.36. The summed E-state index contributed by atoms with van der Waals surface area (Å²) < 4.78 is 0. The minimum atomic E-state index is -0.347. The summed E-state index contributed by atoms with van der Waals surface area (Å²) in [5, 5.41) is 10.6. The van der Waals surface area contributed by atoms with Gasteiger partial charge < -0.3 is 25.3 Å². The molecule has 8 heteroatoms. The number of rotatable bonds is 3. The van der Waals surface area contributed by atoms with Crippen LogP contribution in [0.4, 0.5) is 22.7 Å². The Hall–Kier alpha value is -2.84. The molecular formula is C26H36N6O2. The molecule has 4 heterocycles. The first-order valence-corrected chi connectivity index (χ1v) is 12.5. The van der Waals surface area contributed by atoms with Gasteiger partial charge in [-0.2, -0.15) is 0 Å². The average Bonchev–Trinajstić information content (AvgIpc) is 3.60. The summed E-state index contributed by atoms with van der Waals surface area (Å²) in [7, 11) is 4.43. The van der Waals surface area contributed by atoms with E-state index < -0.39 is 0 Å². The van der Waals surface area contributed by atoms with Crippen molar-refractivity contribution < 1.29 is 4.92 Å². The molecule has 4 aliphatic heterocycles. The minimum Gasteiger partial charge on any atom is -0.399 e. The first-order valence-electron chi connectivity index (χ1n) is 12.5. The standard InChI is InChI=1S/C13H17N3O2.C13H19N3/c1-14-8-6-13-12(14)7-9-15(13)10-2-4-11(5-3-10)16(17)18;1-15-8-6-13-12(15)7-9-16(13)11-4-2-10(14)3-5-11/h2-5,12-13H,6-9H2,1H3;2-5,12-13H,6-9,14H2,1H3. The molecule has 2 N–H and O–H groups in total. The molecule has 8 nitrogen and oxygen atoms in total. The number of fused-ring (bicyclic) bond motifs is 2. The highest BCUT2D eigenvalue weighted by atomic mass is 16.6. The molecule has 0 bridgehead atoms. The van der Waals surface area contributed by atoms with Gasteiger partial charge in [0.1, 0.15) is 0 Å². The van der Waals surface area contributed by atoms with Crippen LogP contribution in [0.5, 0.6) is 0 Å². The second kappa shape index (κ2) is 9.43. The third-order valence-corrected chi connectivity index (χ3v) is 8.32. The molecule has 4 aliphatic rings. The van der Waals surface area contributed by atoms with Crippen molar-refractivity contribution in [2.24, 2.45) is 0 Å². The fourth-order valence-electron chi connectivity index (χ4n) is 6.48. The number of nitro groups is 1. The zero-order chi connectivity index (χ0) is 23.8. The highest BCUT2D eigenvalue weighted by molar-refractivity contribution is 5.55. The monoisotopic (exact) mass is 464 g/mol. The first kappa shape index (κ1) is 22.9. The number of nitrogen functional groups attached to an aromatic ring is 1. The largest absolute Gasteiger partial charge is 0.399 e. The molecule has 4 atom stereocenters. The normalized spacial score (nSPS) is 28.5. The lowest BCUT2D eigenvalue weighted by atomic mass is 10.1. The molecule has 4 fully saturated rings. The van der Waals surface area contributed by atoms with Crippen LogP contribution in [0.15, 0.2) is 48.5 Å². The maximum Gasteiger partial charge on any atom is 0.269 e. The Morgan fingerprint density at radius 2 is 1.12 bits per heavy atom. The van der Waals surface area contributed by atoms with Gasteiger partial charge in [-0.3, -0.25) is 10.1 Å². The summed E-state index contributed by atoms with van der Waals surface area (Å²) in [5.41, 5.74) is 9.19. The summed E-state index contributed by atoms with van der Waals surface area (Å²) in [6.07, 6.45) is 4.98. The molecule has 2 aromatic rings. The number of non-ortho nitro benzene ring substituents is 1. The second-order valence-electron chi connectivity index (χ2n) is 10.1. The van der Waals surface area contributed by atoms with Gasteiger partial charge in [0.15, 0.2) is 0 Å². The van der Waals surface area contributed by atoms with Gasteiger partial charge >= 0.3 is 0 Å². The van der Waals surface area contributed by atoms with Gasteiger partial charge in [0, 0.05) is 79.5 Å². The Morgan fingerprint density at radius 1 is 0.706 bits per heavy atom. The van der Waals surface area contributed by atoms with Crippen LogP contribution >= 0.6 is 0 Å². The van der Waals surface area contributed by atoms with Crippen LogP contribution in [-0.4, -0.2) is 79.2 Å². The zero-order valence-electron chi connectivity index (χ0n) is 20.2. The smallest absolute Gasteiger partial charge is 0.269 e. The molecule has 2 aromatic carbocycles. The third-order valence-electron chi connectivity index (χ3n) is 8.32. The van der Waals surface area contributed by atoms with Crippen molar-refractivity contribution in [1.82, 2.24) is 9.80 Å². The van der Waals surface area contributed by atoms with Crippen molar-refractivity contribution >= 4 is 22.7 Å². The number of hydrogen-bond donors (Lipinski definition) is 1. The number of nitrogens with two attached hydrogens (primary N) is 1. The summed E-state index contributed by atoms with van der Waals surface area (Å²) in [5.74, 6) is 0. The van der Waals surface area contributed by atoms with Crippen molar-refractivity contribution in [2.75, 3.05) is 55.8 Å². The number of benzene rings is 2. The summed E-state index contributed by atoms with van der Waals surface area (Å²) >= 11 is 0. The Morgan fingerprint density at radius 3 is 1.56 bits per heavy atom. The van der Waals surface area contributed by atoms with Gasteiger partial charge in [-0.05, 0) is 76.2 Å². The SMILES string of the molecule is CN1CCC2C1CCN2c1ccc(N)cc1.CN1CCC2C1CCN2c1ccc([N+](=O)[O-])cc1. The van der Waals surface area contributed by atoms with Gasteiger partial charge in [0.25, 0.3) is 5.69 Å². The zero-order valence-corrected chi connectivity index (χ0v) is 20.2. The van der Waals surface area contributed by atoms with Crippen molar-refractivity contribution in [2.45, 2.75) is 49.9 Å². The maximum atomic E-state index is 10.6. The number of anilines is 3. The van der Waals surface area contributed by atoms with Gasteiger partial charge in [-0.15, -0.1) is 0 Å². The van der Waals surface area contributed by atoms with Gasteiger partial charge in [-0.1, -0.05) is 0 Å². The molecule has 0 amide bonds. The summed E-state index contributed by atoms with van der Waals surface area (Å²) in [6.45, 7) is 4.63. The molecule has 0 saturated carbocycles. The maximum absolute atomic E-state index is 10.6. The lowest BCUT2D eigenvalue weighted by Gasteiger charge is -2.26. The van der Waals surface area contributed by atoms with E-state index in [1.54, 1.807) is 12.1 Å². The van der Waals surface area contributed by atoms with Crippen LogP contribution in [0.3, 0.4) is 0 Å². The Labute approximate surface area is 202 Å². The molecule has 0 aliphatic carbocycles. The van der Waals surface area contributed by atoms with Crippen LogP contribution in [0.2, 0.25) is 0 Å². The molecular weight excluding hydrogens is 428 g/mol. The molecule has 0 aromatic heterocycles. The van der Waals surface area contributed by atoms with Crippen molar-refractivity contribution in [1.29, 1.82) is 0 Å². The molecule has 182 valence electrons. The highest BCUT2D eigenvalue weighted by Gasteiger charge is 2.41. The van der Waals surface area contributed by atoms with E-state index in [9.17, 15) is 10.1 Å². The average molecular weight is 465 g/mol. The second-order valence-corrected chi connectivity index (χ2v) is 10.1. The number of likely N-dealkylation sites (tertiary alicyclic amines) is 2. The van der Waals surface area contributed by atoms with Crippen LogP contribution in [-0.2, 0) is 0 Å². The van der Waals surface area contributed by atoms with Gasteiger partial charge in [0.05, 0.1) is 4.92 Å². The van der Waals surface area contributed by atoms with Crippen molar-refractivity contribution in [3.05, 3.63) is 58.6 Å². The van der Waals surface area contributed by atoms with E-state index in [1.807, 2.05) is 24.3 Å². The van der Waals surface area contributed by atoms with Crippen LogP contribution in [0.25, 0.3) is 0 Å². The number of hydrogen-bond acceptors (Lipinski definition) is 7. The molecule has 0 radical (unpaired) electrons. The number of likely N-dealkylation sites (N-methyl/N-ethyl adjacent to an activating group) is 2. The van der Waals surface area contributed by atoms with E-state index in [0.717, 1.165) is 30.5 Å². The highest BCUT2D eigenvalue weighted by Crippen LogP contribution is 2.35. The van der Waals surface area contributed by atoms with Gasteiger partial charge in [-0.25, -0.2) is 0 Å². The number of nitrogens with zero attached hydrogens (tertiary/aromatic N) is 5. The predicted octanol–water partition coefficient (Wildman–Crippen LogP) is 3.43. The first-order chi connectivity index (χ1) is 16.4. The van der Waals surface area contributed by atoms with E-state index in [4.69, 9.17) is 5.73 Å². The fourth-order valence-corrected chi connectivity index (χ4v) is 6.48. The lowest BCUT2D eigenvalue weighted by molar-refractivity contribution is -0.384. The topological polar surface area (TPSA) is 82.1 Å².